The SMILES string of the molecule is CC(NC(=O)c1cccc(S(=O)(=O)N(C)C)c1)c1cccc(Cl)c1. The Morgan fingerprint density at radius 3 is 2.42 bits per heavy atom. The van der Waals surface area contributed by atoms with Gasteiger partial charge in [0.05, 0.1) is 10.9 Å². The summed E-state index contributed by atoms with van der Waals surface area (Å²) < 4.78 is 25.4. The fraction of sp³-hybridized carbons (Fsp3) is 0.235. The van der Waals surface area contributed by atoms with Gasteiger partial charge >= 0.3 is 0 Å². The number of benzene rings is 2. The van der Waals surface area contributed by atoms with Crippen LogP contribution in [0, 0.1) is 0 Å². The number of carbonyl (C=O) groups is 1. The zero-order chi connectivity index (χ0) is 17.9. The minimum absolute atomic E-state index is 0.0792. The average molecular weight is 367 g/mol. The largest absolute Gasteiger partial charge is 0.346 e. The summed E-state index contributed by atoms with van der Waals surface area (Å²) in [5, 5.41) is 3.43. The van der Waals surface area contributed by atoms with Crippen LogP contribution >= 0.6 is 11.6 Å². The van der Waals surface area contributed by atoms with Gasteiger partial charge in [0.25, 0.3) is 5.91 Å². The van der Waals surface area contributed by atoms with E-state index in [1.54, 1.807) is 24.3 Å². The summed E-state index contributed by atoms with van der Waals surface area (Å²) in [4.78, 5) is 12.5. The lowest BCUT2D eigenvalue weighted by molar-refractivity contribution is 0.0939. The number of rotatable bonds is 5. The predicted molar refractivity (Wildman–Crippen MR) is 94.6 cm³/mol. The van der Waals surface area contributed by atoms with Gasteiger partial charge in [-0.2, -0.15) is 0 Å². The van der Waals surface area contributed by atoms with Crippen molar-refractivity contribution < 1.29 is 13.2 Å². The zero-order valence-corrected chi connectivity index (χ0v) is 15.2. The maximum Gasteiger partial charge on any atom is 0.251 e. The molecule has 128 valence electrons. The highest BCUT2D eigenvalue weighted by atomic mass is 35.5. The van der Waals surface area contributed by atoms with E-state index < -0.39 is 10.0 Å². The Morgan fingerprint density at radius 2 is 1.79 bits per heavy atom. The number of nitrogens with zero attached hydrogens (tertiary/aromatic N) is 1. The molecule has 0 heterocycles. The van der Waals surface area contributed by atoms with Gasteiger partial charge in [0.2, 0.25) is 10.0 Å². The van der Waals surface area contributed by atoms with Gasteiger partial charge in [0.1, 0.15) is 0 Å². The normalized spacial score (nSPS) is 12.9. The van der Waals surface area contributed by atoms with Gasteiger partial charge in [0.15, 0.2) is 0 Å². The second kappa shape index (κ2) is 7.34. The standard InChI is InChI=1S/C17H19ClN2O3S/c1-12(13-6-4-8-15(18)10-13)19-17(21)14-7-5-9-16(11-14)24(22,23)20(2)3/h4-12H,1-3H3,(H,19,21). The van der Waals surface area contributed by atoms with Crippen LogP contribution < -0.4 is 5.32 Å². The second-order valence-corrected chi connectivity index (χ2v) is 8.15. The lowest BCUT2D eigenvalue weighted by Gasteiger charge is -2.16. The number of nitrogens with one attached hydrogen (secondary N) is 1. The fourth-order valence-corrected chi connectivity index (χ4v) is 3.29. The van der Waals surface area contributed by atoms with E-state index in [1.165, 1.54) is 26.2 Å². The van der Waals surface area contributed by atoms with Gasteiger partial charge < -0.3 is 5.32 Å². The highest BCUT2D eigenvalue weighted by Crippen LogP contribution is 2.19. The molecule has 0 saturated heterocycles. The van der Waals surface area contributed by atoms with Gasteiger partial charge in [-0.3, -0.25) is 4.79 Å². The monoisotopic (exact) mass is 366 g/mol. The Kier molecular flexibility index (Phi) is 5.64. The third kappa shape index (κ3) is 4.14. The van der Waals surface area contributed by atoms with Crippen molar-refractivity contribution >= 4 is 27.5 Å². The van der Waals surface area contributed by atoms with Crippen molar-refractivity contribution in [1.29, 1.82) is 0 Å². The fourth-order valence-electron chi connectivity index (χ4n) is 2.15. The van der Waals surface area contributed by atoms with Crippen LogP contribution in [-0.2, 0) is 10.0 Å². The smallest absolute Gasteiger partial charge is 0.251 e. The van der Waals surface area contributed by atoms with Crippen LogP contribution in [0.4, 0.5) is 0 Å². The zero-order valence-electron chi connectivity index (χ0n) is 13.7. The molecule has 0 aliphatic carbocycles. The molecule has 1 atom stereocenters. The van der Waals surface area contributed by atoms with E-state index in [4.69, 9.17) is 11.6 Å². The van der Waals surface area contributed by atoms with E-state index in [2.05, 4.69) is 5.32 Å². The summed E-state index contributed by atoms with van der Waals surface area (Å²) in [6, 6.07) is 12.9. The number of carbonyl (C=O) groups excluding carboxylic acids is 1. The Morgan fingerprint density at radius 1 is 1.12 bits per heavy atom. The number of amides is 1. The molecule has 0 aromatic heterocycles. The third-order valence-electron chi connectivity index (χ3n) is 3.57. The van der Waals surface area contributed by atoms with Gasteiger partial charge in [0, 0.05) is 24.7 Å². The molecule has 1 amide bonds. The number of hydrogen-bond donors (Lipinski definition) is 1. The Bertz CT molecular complexity index is 850. The number of halogens is 1. The number of hydrogen-bond acceptors (Lipinski definition) is 3. The molecule has 24 heavy (non-hydrogen) atoms. The first-order valence-electron chi connectivity index (χ1n) is 7.31. The van der Waals surface area contributed by atoms with Crippen molar-refractivity contribution in [3.05, 3.63) is 64.7 Å². The van der Waals surface area contributed by atoms with Crippen molar-refractivity contribution in [2.45, 2.75) is 17.9 Å². The minimum Gasteiger partial charge on any atom is -0.346 e. The quantitative estimate of drug-likeness (QED) is 0.884. The molecular formula is C17H19ClN2O3S. The average Bonchev–Trinajstić information content (AvgIpc) is 2.54. The molecule has 7 heteroatoms. The molecule has 1 unspecified atom stereocenters. The molecule has 0 fully saturated rings. The Hall–Kier alpha value is -1.89. The Labute approximate surface area is 147 Å². The van der Waals surface area contributed by atoms with Crippen LogP contribution in [0.15, 0.2) is 53.4 Å². The summed E-state index contributed by atoms with van der Waals surface area (Å²) in [5.41, 5.74) is 1.15. The van der Waals surface area contributed by atoms with Crippen LogP contribution in [0.5, 0.6) is 0 Å². The first-order valence-corrected chi connectivity index (χ1v) is 9.12. The molecule has 0 bridgehead atoms. The summed E-state index contributed by atoms with van der Waals surface area (Å²) in [7, 11) is -0.688. The molecule has 2 aromatic rings. The highest BCUT2D eigenvalue weighted by molar-refractivity contribution is 7.89. The van der Waals surface area contributed by atoms with Crippen molar-refractivity contribution in [1.82, 2.24) is 9.62 Å². The van der Waals surface area contributed by atoms with E-state index in [-0.39, 0.29) is 22.4 Å². The van der Waals surface area contributed by atoms with Crippen molar-refractivity contribution in [2.24, 2.45) is 0 Å². The van der Waals surface area contributed by atoms with Crippen LogP contribution in [0.25, 0.3) is 0 Å². The van der Waals surface area contributed by atoms with E-state index in [9.17, 15) is 13.2 Å². The molecule has 2 aromatic carbocycles. The van der Waals surface area contributed by atoms with Crippen LogP contribution in [0.2, 0.25) is 5.02 Å². The third-order valence-corrected chi connectivity index (χ3v) is 5.62. The highest BCUT2D eigenvalue weighted by Gasteiger charge is 2.19. The molecule has 0 radical (unpaired) electrons. The first-order chi connectivity index (χ1) is 11.2. The summed E-state index contributed by atoms with van der Waals surface area (Å²) in [6.45, 7) is 1.84. The van der Waals surface area contributed by atoms with E-state index >= 15 is 0 Å². The van der Waals surface area contributed by atoms with Gasteiger partial charge in [-0.15, -0.1) is 0 Å². The predicted octanol–water partition coefficient (Wildman–Crippen LogP) is 3.08. The van der Waals surface area contributed by atoms with Crippen molar-refractivity contribution in [2.75, 3.05) is 14.1 Å². The van der Waals surface area contributed by atoms with Crippen LogP contribution in [0.1, 0.15) is 28.9 Å². The maximum absolute atomic E-state index is 12.4. The maximum atomic E-state index is 12.4. The van der Waals surface area contributed by atoms with Crippen molar-refractivity contribution in [3.8, 4) is 0 Å². The summed E-state index contributed by atoms with van der Waals surface area (Å²) >= 11 is 5.96. The molecule has 2 rings (SSSR count). The molecular weight excluding hydrogens is 348 g/mol. The lowest BCUT2D eigenvalue weighted by Crippen LogP contribution is -2.27. The van der Waals surface area contributed by atoms with Crippen molar-refractivity contribution in [3.63, 3.8) is 0 Å². The van der Waals surface area contributed by atoms with Gasteiger partial charge in [-0.05, 0) is 42.8 Å². The molecule has 0 saturated carbocycles. The number of sulfonamides is 1. The van der Waals surface area contributed by atoms with Crippen LogP contribution in [0.3, 0.4) is 0 Å². The molecule has 5 nitrogen and oxygen atoms in total. The second-order valence-electron chi connectivity index (χ2n) is 5.57. The summed E-state index contributed by atoms with van der Waals surface area (Å²) in [5.74, 6) is -0.349. The molecule has 0 spiro atoms. The van der Waals surface area contributed by atoms with Gasteiger partial charge in [-0.25, -0.2) is 12.7 Å². The van der Waals surface area contributed by atoms with E-state index in [0.717, 1.165) is 9.87 Å². The molecule has 1 N–H and O–H groups in total. The van der Waals surface area contributed by atoms with Gasteiger partial charge in [-0.1, -0.05) is 29.8 Å². The summed E-state index contributed by atoms with van der Waals surface area (Å²) in [6.07, 6.45) is 0. The lowest BCUT2D eigenvalue weighted by atomic mass is 10.1. The minimum atomic E-state index is -3.58. The molecule has 0 aliphatic heterocycles. The van der Waals surface area contributed by atoms with E-state index in [0.29, 0.717) is 5.02 Å². The molecule has 0 aliphatic rings. The first kappa shape index (κ1) is 18.4. The van der Waals surface area contributed by atoms with E-state index in [1.807, 2.05) is 19.1 Å². The topological polar surface area (TPSA) is 66.5 Å². The Balaban J connectivity index is 2.22. The van der Waals surface area contributed by atoms with Crippen LogP contribution in [-0.4, -0.2) is 32.7 Å².